The van der Waals surface area contributed by atoms with Crippen LogP contribution in [0.4, 0.5) is 0 Å². The molecule has 0 aromatic heterocycles. The van der Waals surface area contributed by atoms with Gasteiger partial charge in [-0.05, 0) is 31.7 Å². The molecule has 1 fully saturated rings. The molecule has 150 valence electrons. The Hall–Kier alpha value is -1.88. The molecule has 1 aromatic carbocycles. The van der Waals surface area contributed by atoms with Crippen molar-refractivity contribution >= 4 is 11.8 Å². The van der Waals surface area contributed by atoms with E-state index in [2.05, 4.69) is 10.8 Å². The van der Waals surface area contributed by atoms with Gasteiger partial charge in [-0.25, -0.2) is 5.48 Å². The van der Waals surface area contributed by atoms with Gasteiger partial charge in [0.1, 0.15) is 0 Å². The lowest BCUT2D eigenvalue weighted by Crippen LogP contribution is -2.46. The highest BCUT2D eigenvalue weighted by Gasteiger charge is 2.30. The summed E-state index contributed by atoms with van der Waals surface area (Å²) >= 11 is 0. The highest BCUT2D eigenvalue weighted by molar-refractivity contribution is 5.81. The quantitative estimate of drug-likeness (QED) is 0.714. The molecule has 1 saturated carbocycles. The predicted octanol–water partition coefficient (Wildman–Crippen LogP) is 3.78. The smallest absolute Gasteiger partial charge is 0.248 e. The highest BCUT2D eigenvalue weighted by atomic mass is 16.7. The van der Waals surface area contributed by atoms with E-state index in [-0.39, 0.29) is 23.8 Å². The lowest BCUT2D eigenvalue weighted by molar-refractivity contribution is -0.152. The number of benzene rings is 1. The Balaban J connectivity index is 2.03. The minimum absolute atomic E-state index is 0.00302. The van der Waals surface area contributed by atoms with E-state index in [1.54, 1.807) is 0 Å². The zero-order valence-electron chi connectivity index (χ0n) is 17.1. The van der Waals surface area contributed by atoms with Gasteiger partial charge in [0.25, 0.3) is 0 Å². The van der Waals surface area contributed by atoms with Crippen LogP contribution in [0.2, 0.25) is 0 Å². The van der Waals surface area contributed by atoms with Crippen LogP contribution >= 0.6 is 0 Å². The van der Waals surface area contributed by atoms with Crippen molar-refractivity contribution in [2.75, 3.05) is 0 Å². The van der Waals surface area contributed by atoms with Gasteiger partial charge in [0.05, 0.1) is 12.0 Å². The van der Waals surface area contributed by atoms with Crippen LogP contribution in [-0.4, -0.2) is 24.0 Å². The summed E-state index contributed by atoms with van der Waals surface area (Å²) in [7, 11) is 0. The largest absolute Gasteiger partial charge is 0.353 e. The van der Waals surface area contributed by atoms with Crippen molar-refractivity contribution in [1.82, 2.24) is 10.8 Å². The van der Waals surface area contributed by atoms with Crippen LogP contribution in [0.25, 0.3) is 0 Å². The van der Waals surface area contributed by atoms with E-state index in [0.717, 1.165) is 18.4 Å². The molecule has 0 saturated heterocycles. The van der Waals surface area contributed by atoms with Crippen LogP contribution < -0.4 is 10.8 Å². The van der Waals surface area contributed by atoms with E-state index in [9.17, 15) is 9.59 Å². The molecule has 1 aromatic rings. The van der Waals surface area contributed by atoms with Gasteiger partial charge < -0.3 is 5.32 Å². The zero-order chi connectivity index (χ0) is 19.9. The summed E-state index contributed by atoms with van der Waals surface area (Å²) in [5, 5.41) is 3.21. The van der Waals surface area contributed by atoms with Gasteiger partial charge in [0, 0.05) is 11.5 Å². The maximum Gasteiger partial charge on any atom is 0.248 e. The predicted molar refractivity (Wildman–Crippen MR) is 107 cm³/mol. The molecule has 2 rings (SSSR count). The Kier molecular flexibility index (Phi) is 7.84. The molecule has 5 nitrogen and oxygen atoms in total. The van der Waals surface area contributed by atoms with Crippen LogP contribution in [0.3, 0.4) is 0 Å². The molecule has 0 aliphatic heterocycles. The molecule has 1 aliphatic carbocycles. The average Bonchev–Trinajstić information content (AvgIpc) is 2.64. The molecule has 0 spiro atoms. The van der Waals surface area contributed by atoms with Crippen molar-refractivity contribution in [2.24, 2.45) is 11.3 Å². The van der Waals surface area contributed by atoms with Crippen molar-refractivity contribution < 1.29 is 14.4 Å². The second-order valence-corrected chi connectivity index (χ2v) is 8.64. The third-order valence-electron chi connectivity index (χ3n) is 5.17. The maximum atomic E-state index is 13.0. The minimum Gasteiger partial charge on any atom is -0.353 e. The molecule has 0 radical (unpaired) electrons. The van der Waals surface area contributed by atoms with E-state index in [0.29, 0.717) is 6.42 Å². The first kappa shape index (κ1) is 21.4. The van der Waals surface area contributed by atoms with E-state index in [1.165, 1.54) is 19.3 Å². The molecule has 0 bridgehead atoms. The maximum absolute atomic E-state index is 13.0. The number of hydrogen-bond donors (Lipinski definition) is 2. The Morgan fingerprint density at radius 1 is 1.11 bits per heavy atom. The first-order chi connectivity index (χ1) is 12.8. The lowest BCUT2D eigenvalue weighted by atomic mass is 9.91. The molecular weight excluding hydrogens is 340 g/mol. The summed E-state index contributed by atoms with van der Waals surface area (Å²) in [6.45, 7) is 7.33. The van der Waals surface area contributed by atoms with Crippen LogP contribution in [0.5, 0.6) is 0 Å². The van der Waals surface area contributed by atoms with Crippen molar-refractivity contribution in [3.63, 3.8) is 0 Å². The van der Waals surface area contributed by atoms with Crippen molar-refractivity contribution in [3.05, 3.63) is 35.9 Å². The number of rotatable bonds is 7. The molecule has 1 aliphatic rings. The third kappa shape index (κ3) is 6.98. The number of carbonyl (C=O) groups is 2. The van der Waals surface area contributed by atoms with E-state index in [4.69, 9.17) is 4.84 Å². The standard InChI is InChI=1S/C22H34N2O3/c1-16(27-24-21(26)22(2,3)4)19(15-17-11-7-5-8-12-17)20(25)23-18-13-9-6-10-14-18/h5,7-8,11-12,16,18-19H,6,9-10,13-15H2,1-4H3,(H,23,25)(H,24,26)/t16-,19+/m1/s1. The summed E-state index contributed by atoms with van der Waals surface area (Å²) in [5.41, 5.74) is 3.07. The van der Waals surface area contributed by atoms with Crippen molar-refractivity contribution in [3.8, 4) is 0 Å². The van der Waals surface area contributed by atoms with E-state index < -0.39 is 11.5 Å². The summed E-state index contributed by atoms with van der Waals surface area (Å²) in [5.74, 6) is -0.557. The lowest BCUT2D eigenvalue weighted by Gasteiger charge is -2.29. The van der Waals surface area contributed by atoms with Crippen LogP contribution in [0.1, 0.15) is 65.4 Å². The molecule has 27 heavy (non-hydrogen) atoms. The fourth-order valence-corrected chi connectivity index (χ4v) is 3.28. The third-order valence-corrected chi connectivity index (χ3v) is 5.17. The molecule has 0 heterocycles. The number of carbonyl (C=O) groups excluding carboxylic acids is 2. The Labute approximate surface area is 163 Å². The molecule has 5 heteroatoms. The summed E-state index contributed by atoms with van der Waals surface area (Å²) in [6, 6.07) is 10.2. The number of amides is 2. The first-order valence-electron chi connectivity index (χ1n) is 10.1. The van der Waals surface area contributed by atoms with Gasteiger partial charge in [0.15, 0.2) is 0 Å². The van der Waals surface area contributed by atoms with Gasteiger partial charge in [-0.15, -0.1) is 0 Å². The van der Waals surface area contributed by atoms with E-state index in [1.807, 2.05) is 58.0 Å². The van der Waals surface area contributed by atoms with E-state index >= 15 is 0 Å². The Bertz CT molecular complexity index is 604. The first-order valence-corrected chi connectivity index (χ1v) is 10.1. The topological polar surface area (TPSA) is 67.4 Å². The molecular formula is C22H34N2O3. The Morgan fingerprint density at radius 2 is 1.74 bits per heavy atom. The average molecular weight is 375 g/mol. The second-order valence-electron chi connectivity index (χ2n) is 8.64. The fraction of sp³-hybridized carbons (Fsp3) is 0.636. The summed E-state index contributed by atoms with van der Waals surface area (Å²) in [6.07, 6.45) is 5.81. The normalized spacial score (nSPS) is 17.8. The van der Waals surface area contributed by atoms with Crippen molar-refractivity contribution in [2.45, 2.75) is 78.4 Å². The molecule has 2 amide bonds. The van der Waals surface area contributed by atoms with Gasteiger partial charge in [-0.1, -0.05) is 70.4 Å². The van der Waals surface area contributed by atoms with Crippen LogP contribution in [-0.2, 0) is 20.8 Å². The van der Waals surface area contributed by atoms with Gasteiger partial charge in [-0.2, -0.15) is 0 Å². The summed E-state index contributed by atoms with van der Waals surface area (Å²) < 4.78 is 0. The van der Waals surface area contributed by atoms with Gasteiger partial charge in [-0.3, -0.25) is 14.4 Å². The highest BCUT2D eigenvalue weighted by Crippen LogP contribution is 2.21. The van der Waals surface area contributed by atoms with Gasteiger partial charge in [0.2, 0.25) is 11.8 Å². The zero-order valence-corrected chi connectivity index (χ0v) is 17.1. The van der Waals surface area contributed by atoms with Crippen LogP contribution in [0, 0.1) is 11.3 Å². The number of nitrogens with one attached hydrogen (secondary N) is 2. The SMILES string of the molecule is C[C@@H](ONC(=O)C(C)(C)C)[C@H](Cc1ccccc1)C(=O)NC1CCCCC1. The fourth-order valence-electron chi connectivity index (χ4n) is 3.28. The minimum atomic E-state index is -0.543. The monoisotopic (exact) mass is 374 g/mol. The number of hydrogen-bond acceptors (Lipinski definition) is 3. The summed E-state index contributed by atoms with van der Waals surface area (Å²) in [4.78, 5) is 30.7. The molecule has 0 unspecified atom stereocenters. The molecule has 2 N–H and O–H groups in total. The van der Waals surface area contributed by atoms with Gasteiger partial charge >= 0.3 is 0 Å². The second kappa shape index (κ2) is 9.88. The Morgan fingerprint density at radius 3 is 2.33 bits per heavy atom. The molecule has 2 atom stereocenters. The van der Waals surface area contributed by atoms with Crippen molar-refractivity contribution in [1.29, 1.82) is 0 Å². The number of hydroxylamine groups is 1. The van der Waals surface area contributed by atoms with Crippen LogP contribution in [0.15, 0.2) is 30.3 Å².